The van der Waals surface area contributed by atoms with E-state index in [1.165, 1.54) is 7.11 Å². The van der Waals surface area contributed by atoms with Crippen molar-refractivity contribution in [3.8, 4) is 11.5 Å². The zero-order valence-corrected chi connectivity index (χ0v) is 12.9. The van der Waals surface area contributed by atoms with Crippen LogP contribution in [0.15, 0.2) is 18.2 Å². The van der Waals surface area contributed by atoms with E-state index in [1.807, 2.05) is 6.07 Å². The van der Waals surface area contributed by atoms with Gasteiger partial charge in [-0.2, -0.15) is 0 Å². The highest BCUT2D eigenvalue weighted by molar-refractivity contribution is 5.78. The second-order valence-electron chi connectivity index (χ2n) is 4.56. The van der Waals surface area contributed by atoms with Gasteiger partial charge in [0.25, 0.3) is 0 Å². The van der Waals surface area contributed by atoms with Crippen LogP contribution < -0.4 is 14.8 Å². The van der Waals surface area contributed by atoms with E-state index in [4.69, 9.17) is 19.3 Å². The van der Waals surface area contributed by atoms with Crippen LogP contribution >= 0.6 is 0 Å². The number of hydrogen-bond acceptors (Lipinski definition) is 5. The molecule has 1 amide bonds. The fourth-order valence-electron chi connectivity index (χ4n) is 1.86. The number of carbonyl (C=O) groups excluding carboxylic acids is 1. The Kier molecular flexibility index (Phi) is 7.18. The third-order valence-corrected chi connectivity index (χ3v) is 3.13. The Hall–Kier alpha value is -2.28. The number of aliphatic carboxylic acids is 1. The SMILES string of the molecule is COc1ccc(CCC(=O)NCC(OC)C(=O)O)cc1OC. The molecule has 0 radical (unpaired) electrons. The van der Waals surface area contributed by atoms with Crippen LogP contribution in [-0.2, 0) is 20.7 Å². The van der Waals surface area contributed by atoms with Gasteiger partial charge in [0.15, 0.2) is 17.6 Å². The number of benzene rings is 1. The van der Waals surface area contributed by atoms with E-state index in [1.54, 1.807) is 26.4 Å². The molecule has 122 valence electrons. The quantitative estimate of drug-likeness (QED) is 0.702. The fourth-order valence-corrected chi connectivity index (χ4v) is 1.86. The Balaban J connectivity index is 2.49. The molecule has 1 atom stereocenters. The number of carbonyl (C=O) groups is 2. The van der Waals surface area contributed by atoms with Crippen LogP contribution in [0.4, 0.5) is 0 Å². The minimum Gasteiger partial charge on any atom is -0.493 e. The molecule has 0 aliphatic rings. The molecular weight excluding hydrogens is 290 g/mol. The third kappa shape index (κ3) is 5.25. The average molecular weight is 311 g/mol. The monoisotopic (exact) mass is 311 g/mol. The maximum absolute atomic E-state index is 11.7. The van der Waals surface area contributed by atoms with Crippen molar-refractivity contribution in [3.63, 3.8) is 0 Å². The molecule has 0 saturated carbocycles. The van der Waals surface area contributed by atoms with E-state index in [2.05, 4.69) is 5.32 Å². The Morgan fingerprint density at radius 2 is 1.86 bits per heavy atom. The van der Waals surface area contributed by atoms with Crippen LogP contribution in [0, 0.1) is 0 Å². The van der Waals surface area contributed by atoms with E-state index in [9.17, 15) is 9.59 Å². The number of rotatable bonds is 9. The Bertz CT molecular complexity index is 517. The molecule has 7 heteroatoms. The van der Waals surface area contributed by atoms with Gasteiger partial charge in [-0.05, 0) is 24.1 Å². The van der Waals surface area contributed by atoms with Crippen LogP contribution in [0.1, 0.15) is 12.0 Å². The molecule has 0 heterocycles. The molecule has 0 aliphatic carbocycles. The minimum atomic E-state index is -1.11. The third-order valence-electron chi connectivity index (χ3n) is 3.13. The van der Waals surface area contributed by atoms with Gasteiger partial charge in [-0.25, -0.2) is 4.79 Å². The lowest BCUT2D eigenvalue weighted by atomic mass is 10.1. The van der Waals surface area contributed by atoms with Crippen molar-refractivity contribution in [1.82, 2.24) is 5.32 Å². The normalized spacial score (nSPS) is 11.6. The molecule has 7 nitrogen and oxygen atoms in total. The molecule has 0 saturated heterocycles. The van der Waals surface area contributed by atoms with Crippen molar-refractivity contribution in [2.24, 2.45) is 0 Å². The predicted molar refractivity (Wildman–Crippen MR) is 79.3 cm³/mol. The van der Waals surface area contributed by atoms with Crippen LogP contribution in [0.2, 0.25) is 0 Å². The minimum absolute atomic E-state index is 0.0589. The van der Waals surface area contributed by atoms with Crippen molar-refractivity contribution in [1.29, 1.82) is 0 Å². The van der Waals surface area contributed by atoms with Crippen molar-refractivity contribution < 1.29 is 28.9 Å². The van der Waals surface area contributed by atoms with Gasteiger partial charge in [0.05, 0.1) is 20.8 Å². The summed E-state index contributed by atoms with van der Waals surface area (Å²) >= 11 is 0. The van der Waals surface area contributed by atoms with Crippen LogP contribution in [0.5, 0.6) is 11.5 Å². The number of carboxylic acids is 1. The topological polar surface area (TPSA) is 94.1 Å². The molecule has 2 N–H and O–H groups in total. The van der Waals surface area contributed by atoms with Gasteiger partial charge in [-0.3, -0.25) is 4.79 Å². The number of hydrogen-bond donors (Lipinski definition) is 2. The van der Waals surface area contributed by atoms with E-state index in [-0.39, 0.29) is 18.9 Å². The fraction of sp³-hybridized carbons (Fsp3) is 0.467. The number of nitrogens with one attached hydrogen (secondary N) is 1. The van der Waals surface area contributed by atoms with Crippen molar-refractivity contribution in [2.75, 3.05) is 27.9 Å². The summed E-state index contributed by atoms with van der Waals surface area (Å²) in [5, 5.41) is 11.3. The van der Waals surface area contributed by atoms with E-state index >= 15 is 0 Å². The van der Waals surface area contributed by atoms with Gasteiger partial charge in [-0.1, -0.05) is 6.07 Å². The molecule has 0 aliphatic heterocycles. The van der Waals surface area contributed by atoms with Crippen molar-refractivity contribution >= 4 is 11.9 Å². The first-order chi connectivity index (χ1) is 10.5. The molecule has 22 heavy (non-hydrogen) atoms. The first kappa shape index (κ1) is 17.8. The van der Waals surface area contributed by atoms with E-state index < -0.39 is 12.1 Å². The van der Waals surface area contributed by atoms with Gasteiger partial charge < -0.3 is 24.6 Å². The van der Waals surface area contributed by atoms with Crippen LogP contribution in [0.25, 0.3) is 0 Å². The molecule has 1 unspecified atom stereocenters. The Labute approximate surface area is 129 Å². The predicted octanol–water partition coefficient (Wildman–Crippen LogP) is 0.852. The summed E-state index contributed by atoms with van der Waals surface area (Å²) in [6.07, 6.45) is -0.285. The lowest BCUT2D eigenvalue weighted by Gasteiger charge is -2.12. The summed E-state index contributed by atoms with van der Waals surface area (Å²) in [4.78, 5) is 22.5. The molecule has 0 bridgehead atoms. The van der Waals surface area contributed by atoms with Crippen molar-refractivity contribution in [3.05, 3.63) is 23.8 Å². The first-order valence-corrected chi connectivity index (χ1v) is 6.75. The van der Waals surface area contributed by atoms with E-state index in [0.717, 1.165) is 5.56 Å². The summed E-state index contributed by atoms with van der Waals surface area (Å²) < 4.78 is 15.1. The molecule has 0 aromatic heterocycles. The highest BCUT2D eigenvalue weighted by atomic mass is 16.5. The largest absolute Gasteiger partial charge is 0.493 e. The van der Waals surface area contributed by atoms with Crippen LogP contribution in [-0.4, -0.2) is 51.0 Å². The number of aryl methyl sites for hydroxylation is 1. The second kappa shape index (κ2) is 8.89. The Morgan fingerprint density at radius 1 is 1.18 bits per heavy atom. The highest BCUT2D eigenvalue weighted by Crippen LogP contribution is 2.27. The summed E-state index contributed by atoms with van der Waals surface area (Å²) in [5.74, 6) is -0.119. The van der Waals surface area contributed by atoms with Gasteiger partial charge in [0.1, 0.15) is 0 Å². The summed E-state index contributed by atoms with van der Waals surface area (Å²) in [7, 11) is 4.39. The molecule has 0 spiro atoms. The summed E-state index contributed by atoms with van der Waals surface area (Å²) in [6.45, 7) is -0.0589. The molecule has 1 aromatic rings. The molecule has 1 aromatic carbocycles. The van der Waals surface area contributed by atoms with Crippen molar-refractivity contribution in [2.45, 2.75) is 18.9 Å². The zero-order chi connectivity index (χ0) is 16.5. The smallest absolute Gasteiger partial charge is 0.334 e. The molecular formula is C15H21NO6. The zero-order valence-electron chi connectivity index (χ0n) is 12.9. The van der Waals surface area contributed by atoms with E-state index in [0.29, 0.717) is 17.9 Å². The lowest BCUT2D eigenvalue weighted by Crippen LogP contribution is -2.37. The summed E-state index contributed by atoms with van der Waals surface area (Å²) in [5.41, 5.74) is 0.925. The maximum Gasteiger partial charge on any atom is 0.334 e. The highest BCUT2D eigenvalue weighted by Gasteiger charge is 2.17. The number of amides is 1. The molecule has 1 rings (SSSR count). The number of ether oxygens (including phenoxy) is 3. The average Bonchev–Trinajstić information content (AvgIpc) is 2.52. The first-order valence-electron chi connectivity index (χ1n) is 6.75. The lowest BCUT2D eigenvalue weighted by molar-refractivity contribution is -0.148. The summed E-state index contributed by atoms with van der Waals surface area (Å²) in [6, 6.07) is 5.43. The van der Waals surface area contributed by atoms with Gasteiger partial charge in [0, 0.05) is 13.5 Å². The van der Waals surface area contributed by atoms with Gasteiger partial charge >= 0.3 is 5.97 Å². The van der Waals surface area contributed by atoms with Crippen LogP contribution in [0.3, 0.4) is 0 Å². The Morgan fingerprint density at radius 3 is 2.41 bits per heavy atom. The van der Waals surface area contributed by atoms with Gasteiger partial charge in [-0.15, -0.1) is 0 Å². The second-order valence-corrected chi connectivity index (χ2v) is 4.56. The number of methoxy groups -OCH3 is 3. The standard InChI is InChI=1S/C15H21NO6/c1-20-11-6-4-10(8-12(11)21-2)5-7-14(17)16-9-13(22-3)15(18)19/h4,6,8,13H,5,7,9H2,1-3H3,(H,16,17)(H,18,19). The number of carboxylic acid groups (broad SMARTS) is 1. The maximum atomic E-state index is 11.7. The molecule has 0 fully saturated rings. The van der Waals surface area contributed by atoms with Gasteiger partial charge in [0.2, 0.25) is 5.91 Å².